The third-order valence-electron chi connectivity index (χ3n) is 3.45. The van der Waals surface area contributed by atoms with Crippen molar-refractivity contribution in [3.63, 3.8) is 0 Å². The Balaban J connectivity index is 1.83. The van der Waals surface area contributed by atoms with Crippen LogP contribution in [-0.2, 0) is 6.54 Å². The number of aromatic nitrogens is 2. The lowest BCUT2D eigenvalue weighted by Gasteiger charge is -2.09. The molecule has 23 heavy (non-hydrogen) atoms. The van der Waals surface area contributed by atoms with Gasteiger partial charge in [0.05, 0.1) is 39.6 Å². The summed E-state index contributed by atoms with van der Waals surface area (Å²) in [5, 5.41) is 2.71. The summed E-state index contributed by atoms with van der Waals surface area (Å²) in [5.41, 5.74) is 2.71. The van der Waals surface area contributed by atoms with Crippen molar-refractivity contribution in [2.45, 2.75) is 13.5 Å². The molecule has 0 spiro atoms. The van der Waals surface area contributed by atoms with Gasteiger partial charge in [-0.05, 0) is 31.2 Å². The molecule has 3 aromatic rings. The van der Waals surface area contributed by atoms with E-state index >= 15 is 0 Å². The van der Waals surface area contributed by atoms with Crippen LogP contribution in [-0.4, -0.2) is 15.9 Å². The number of benzene rings is 2. The predicted octanol–water partition coefficient (Wildman–Crippen LogP) is 3.66. The molecule has 0 unspecified atom stereocenters. The standard InChI is InChI=1S/C17H13ClFN3O/c1-10-15(22-14-8-3-2-7-13(14)21-10)9-20-17(23)16-11(18)5-4-6-12(16)19/h2-8H,9H2,1H3,(H,20,23). The molecule has 0 aliphatic rings. The van der Waals surface area contributed by atoms with E-state index in [0.717, 1.165) is 11.0 Å². The van der Waals surface area contributed by atoms with Gasteiger partial charge in [0, 0.05) is 0 Å². The highest BCUT2D eigenvalue weighted by atomic mass is 35.5. The van der Waals surface area contributed by atoms with E-state index in [1.807, 2.05) is 31.2 Å². The molecule has 6 heteroatoms. The van der Waals surface area contributed by atoms with Crippen molar-refractivity contribution in [1.29, 1.82) is 0 Å². The normalized spacial score (nSPS) is 10.7. The number of carbonyl (C=O) groups is 1. The van der Waals surface area contributed by atoms with Crippen LogP contribution in [0, 0.1) is 12.7 Å². The number of amides is 1. The van der Waals surface area contributed by atoms with E-state index in [9.17, 15) is 9.18 Å². The summed E-state index contributed by atoms with van der Waals surface area (Å²) in [6.45, 7) is 1.96. The number of halogens is 2. The second-order valence-corrected chi connectivity index (χ2v) is 5.43. The van der Waals surface area contributed by atoms with Crippen LogP contribution in [0.15, 0.2) is 42.5 Å². The molecule has 0 saturated heterocycles. The molecule has 1 N–H and O–H groups in total. The first kappa shape index (κ1) is 15.4. The molecule has 1 amide bonds. The van der Waals surface area contributed by atoms with Gasteiger partial charge in [-0.15, -0.1) is 0 Å². The summed E-state index contributed by atoms with van der Waals surface area (Å²) in [7, 11) is 0. The van der Waals surface area contributed by atoms with Gasteiger partial charge in [-0.3, -0.25) is 4.79 Å². The van der Waals surface area contributed by atoms with Crippen LogP contribution in [0.3, 0.4) is 0 Å². The molecule has 0 fully saturated rings. The summed E-state index contributed by atoms with van der Waals surface area (Å²) < 4.78 is 13.7. The molecule has 0 radical (unpaired) electrons. The van der Waals surface area contributed by atoms with Crippen molar-refractivity contribution in [2.75, 3.05) is 0 Å². The van der Waals surface area contributed by atoms with Gasteiger partial charge in [-0.2, -0.15) is 0 Å². The molecule has 4 nitrogen and oxygen atoms in total. The van der Waals surface area contributed by atoms with Crippen molar-refractivity contribution in [3.8, 4) is 0 Å². The number of hydrogen-bond donors (Lipinski definition) is 1. The van der Waals surface area contributed by atoms with Gasteiger partial charge >= 0.3 is 0 Å². The molecule has 2 aromatic carbocycles. The summed E-state index contributed by atoms with van der Waals surface area (Å²) in [4.78, 5) is 21.1. The number of aryl methyl sites for hydroxylation is 1. The lowest BCUT2D eigenvalue weighted by Crippen LogP contribution is -2.25. The topological polar surface area (TPSA) is 54.9 Å². The fraction of sp³-hybridized carbons (Fsp3) is 0.118. The van der Waals surface area contributed by atoms with Crippen molar-refractivity contribution >= 4 is 28.5 Å². The van der Waals surface area contributed by atoms with Crippen molar-refractivity contribution in [1.82, 2.24) is 15.3 Å². The molecule has 1 aromatic heterocycles. The third kappa shape index (κ3) is 3.14. The van der Waals surface area contributed by atoms with Crippen LogP contribution in [0.25, 0.3) is 11.0 Å². The Morgan fingerprint density at radius 2 is 1.83 bits per heavy atom. The quantitative estimate of drug-likeness (QED) is 0.797. The second-order valence-electron chi connectivity index (χ2n) is 5.02. The number of nitrogens with one attached hydrogen (secondary N) is 1. The Labute approximate surface area is 137 Å². The van der Waals surface area contributed by atoms with Crippen molar-refractivity contribution in [3.05, 3.63) is 70.3 Å². The van der Waals surface area contributed by atoms with Gasteiger partial charge in [0.25, 0.3) is 5.91 Å². The number of para-hydroxylation sites is 2. The van der Waals surface area contributed by atoms with Crippen LogP contribution in [0.1, 0.15) is 21.7 Å². The van der Waals surface area contributed by atoms with E-state index in [1.165, 1.54) is 18.2 Å². The first-order valence-corrected chi connectivity index (χ1v) is 7.38. The first-order valence-electron chi connectivity index (χ1n) is 7.00. The van der Waals surface area contributed by atoms with E-state index in [4.69, 9.17) is 11.6 Å². The maximum atomic E-state index is 13.7. The number of carbonyl (C=O) groups excluding carboxylic acids is 1. The molecule has 3 rings (SSSR count). The van der Waals surface area contributed by atoms with Crippen LogP contribution in [0.5, 0.6) is 0 Å². The summed E-state index contributed by atoms with van der Waals surface area (Å²) in [6.07, 6.45) is 0. The van der Waals surface area contributed by atoms with E-state index in [0.29, 0.717) is 11.4 Å². The van der Waals surface area contributed by atoms with E-state index in [2.05, 4.69) is 15.3 Å². The maximum absolute atomic E-state index is 13.7. The zero-order valence-corrected chi connectivity index (χ0v) is 13.1. The van der Waals surface area contributed by atoms with Gasteiger partial charge in [-0.25, -0.2) is 14.4 Å². The Kier molecular flexibility index (Phi) is 4.21. The monoisotopic (exact) mass is 329 g/mol. The number of fused-ring (bicyclic) bond motifs is 1. The highest BCUT2D eigenvalue weighted by Gasteiger charge is 2.16. The second kappa shape index (κ2) is 6.30. The highest BCUT2D eigenvalue weighted by molar-refractivity contribution is 6.33. The van der Waals surface area contributed by atoms with Gasteiger partial charge in [-0.1, -0.05) is 29.8 Å². The van der Waals surface area contributed by atoms with E-state index < -0.39 is 11.7 Å². The van der Waals surface area contributed by atoms with Crippen molar-refractivity contribution < 1.29 is 9.18 Å². The third-order valence-corrected chi connectivity index (χ3v) is 3.76. The molecule has 0 atom stereocenters. The first-order chi connectivity index (χ1) is 11.1. The number of rotatable bonds is 3. The lowest BCUT2D eigenvalue weighted by molar-refractivity contribution is 0.0946. The largest absolute Gasteiger partial charge is 0.346 e. The Morgan fingerprint density at radius 3 is 2.52 bits per heavy atom. The molecule has 0 aliphatic heterocycles. The molecular formula is C17H13ClFN3O. The summed E-state index contributed by atoms with van der Waals surface area (Å²) in [5.74, 6) is -1.24. The minimum absolute atomic E-state index is 0.0730. The zero-order valence-electron chi connectivity index (χ0n) is 12.3. The lowest BCUT2D eigenvalue weighted by atomic mass is 10.2. The maximum Gasteiger partial charge on any atom is 0.256 e. The van der Waals surface area contributed by atoms with Crippen LogP contribution in [0.2, 0.25) is 5.02 Å². The van der Waals surface area contributed by atoms with Crippen LogP contribution < -0.4 is 5.32 Å². The molecule has 1 heterocycles. The highest BCUT2D eigenvalue weighted by Crippen LogP contribution is 2.19. The molecule has 0 saturated carbocycles. The number of nitrogens with zero attached hydrogens (tertiary/aromatic N) is 2. The smallest absolute Gasteiger partial charge is 0.256 e. The van der Waals surface area contributed by atoms with E-state index in [-0.39, 0.29) is 17.1 Å². The fourth-order valence-electron chi connectivity index (χ4n) is 2.26. The van der Waals surface area contributed by atoms with Crippen molar-refractivity contribution in [2.24, 2.45) is 0 Å². The van der Waals surface area contributed by atoms with Crippen LogP contribution >= 0.6 is 11.6 Å². The minimum Gasteiger partial charge on any atom is -0.346 e. The minimum atomic E-state index is -0.656. The van der Waals surface area contributed by atoms with Gasteiger partial charge < -0.3 is 5.32 Å². The molecular weight excluding hydrogens is 317 g/mol. The SMILES string of the molecule is Cc1nc2ccccc2nc1CNC(=O)c1c(F)cccc1Cl. The average Bonchev–Trinajstić information content (AvgIpc) is 2.52. The predicted molar refractivity (Wildman–Crippen MR) is 86.9 cm³/mol. The molecule has 116 valence electrons. The van der Waals surface area contributed by atoms with Gasteiger partial charge in [0.2, 0.25) is 0 Å². The fourth-order valence-corrected chi connectivity index (χ4v) is 2.51. The zero-order chi connectivity index (χ0) is 16.4. The van der Waals surface area contributed by atoms with Crippen LogP contribution in [0.4, 0.5) is 4.39 Å². The summed E-state index contributed by atoms with van der Waals surface area (Å²) >= 11 is 5.89. The Morgan fingerprint density at radius 1 is 1.13 bits per heavy atom. The molecule has 0 aliphatic carbocycles. The number of hydrogen-bond acceptors (Lipinski definition) is 3. The Bertz CT molecular complexity index is 878. The average molecular weight is 330 g/mol. The Hall–Kier alpha value is -2.53. The van der Waals surface area contributed by atoms with Gasteiger partial charge in [0.1, 0.15) is 5.82 Å². The van der Waals surface area contributed by atoms with Gasteiger partial charge in [0.15, 0.2) is 0 Å². The van der Waals surface area contributed by atoms with E-state index in [1.54, 1.807) is 0 Å². The summed E-state index contributed by atoms with van der Waals surface area (Å²) in [6, 6.07) is 11.6. The molecule has 0 bridgehead atoms.